The van der Waals surface area contributed by atoms with Gasteiger partial charge in [0.05, 0.1) is 39.0 Å². The van der Waals surface area contributed by atoms with E-state index in [-0.39, 0.29) is 0 Å². The van der Waals surface area contributed by atoms with E-state index < -0.39 is 0 Å². The van der Waals surface area contributed by atoms with E-state index in [2.05, 4.69) is 77.2 Å². The Morgan fingerprint density at radius 2 is 1.46 bits per heavy atom. The van der Waals surface area contributed by atoms with E-state index in [4.69, 9.17) is 0 Å². The predicted octanol–water partition coefficient (Wildman–Crippen LogP) is 8.68. The van der Waals surface area contributed by atoms with Gasteiger partial charge in [-0.2, -0.15) is 10.5 Å². The fourth-order valence-electron chi connectivity index (χ4n) is 5.64. The maximum Gasteiger partial charge on any atom is 0.110 e. The molecule has 8 rings (SSSR count). The summed E-state index contributed by atoms with van der Waals surface area (Å²) in [6.45, 7) is 0. The summed E-state index contributed by atoms with van der Waals surface area (Å²) in [6.07, 6.45) is 0. The molecular formula is C30H13N3S2. The zero-order valence-electron chi connectivity index (χ0n) is 18.2. The third kappa shape index (κ3) is 2.27. The topological polar surface area (TPSA) is 52.0 Å². The van der Waals surface area contributed by atoms with Crippen LogP contribution in [0.5, 0.6) is 0 Å². The van der Waals surface area contributed by atoms with Crippen LogP contribution in [0.25, 0.3) is 68.0 Å². The van der Waals surface area contributed by atoms with Gasteiger partial charge in [-0.1, -0.05) is 54.6 Å². The number of nitriles is 2. The minimum absolute atomic E-state index is 0.539. The summed E-state index contributed by atoms with van der Waals surface area (Å²) in [5.41, 5.74) is 4.32. The lowest BCUT2D eigenvalue weighted by atomic mass is 10.00. The van der Waals surface area contributed by atoms with Gasteiger partial charge in [0.15, 0.2) is 0 Å². The average molecular weight is 480 g/mol. The molecule has 0 saturated heterocycles. The molecule has 0 aliphatic heterocycles. The van der Waals surface area contributed by atoms with Crippen LogP contribution in [-0.2, 0) is 0 Å². The van der Waals surface area contributed by atoms with Gasteiger partial charge in [-0.05, 0) is 35.0 Å². The quantitative estimate of drug-likeness (QED) is 0.236. The number of hydrogen-bond donors (Lipinski definition) is 0. The van der Waals surface area contributed by atoms with Crippen molar-refractivity contribution >= 4 is 80.3 Å². The third-order valence-corrected chi connectivity index (χ3v) is 9.47. The van der Waals surface area contributed by atoms with E-state index in [1.165, 1.54) is 57.6 Å². The smallest absolute Gasteiger partial charge is 0.110 e. The molecule has 0 fully saturated rings. The van der Waals surface area contributed by atoms with Gasteiger partial charge in [-0.3, -0.25) is 4.40 Å². The molecule has 0 saturated carbocycles. The molecule has 0 amide bonds. The van der Waals surface area contributed by atoms with Gasteiger partial charge >= 0.3 is 0 Å². The number of thiophene rings is 2. The summed E-state index contributed by atoms with van der Waals surface area (Å²) >= 11 is 3.47. The summed E-state index contributed by atoms with van der Waals surface area (Å²) in [7, 11) is 0. The van der Waals surface area contributed by atoms with E-state index >= 15 is 0 Å². The number of para-hydroxylation sites is 1. The minimum atomic E-state index is 0.539. The summed E-state index contributed by atoms with van der Waals surface area (Å²) in [6, 6.07) is 31.8. The van der Waals surface area contributed by atoms with Crippen molar-refractivity contribution in [2.45, 2.75) is 0 Å². The average Bonchev–Trinajstić information content (AvgIpc) is 3.57. The van der Waals surface area contributed by atoms with Crippen molar-refractivity contribution in [3.8, 4) is 22.6 Å². The zero-order chi connectivity index (χ0) is 23.3. The molecule has 8 aromatic rings. The Morgan fingerprint density at radius 1 is 0.686 bits per heavy atom. The first-order chi connectivity index (χ1) is 17.3. The first-order valence-electron chi connectivity index (χ1n) is 11.2. The molecule has 0 atom stereocenters. The first kappa shape index (κ1) is 18.9. The first-order valence-corrected chi connectivity index (χ1v) is 12.9. The molecule has 4 aromatic carbocycles. The van der Waals surface area contributed by atoms with Gasteiger partial charge in [-0.25, -0.2) is 0 Å². The van der Waals surface area contributed by atoms with Crippen molar-refractivity contribution in [2.75, 3.05) is 0 Å². The van der Waals surface area contributed by atoms with Crippen LogP contribution < -0.4 is 0 Å². The van der Waals surface area contributed by atoms with Gasteiger partial charge in [0, 0.05) is 36.7 Å². The minimum Gasteiger partial charge on any atom is -0.299 e. The van der Waals surface area contributed by atoms with E-state index in [0.717, 1.165) is 10.4 Å². The lowest BCUT2D eigenvalue weighted by Crippen LogP contribution is -1.89. The molecule has 0 spiro atoms. The molecule has 4 heterocycles. The molecule has 0 radical (unpaired) electrons. The summed E-state index contributed by atoms with van der Waals surface area (Å²) in [5, 5.41) is 27.1. The van der Waals surface area contributed by atoms with Crippen LogP contribution in [-0.4, -0.2) is 4.40 Å². The van der Waals surface area contributed by atoms with E-state index in [9.17, 15) is 10.5 Å². The van der Waals surface area contributed by atoms with Crippen molar-refractivity contribution in [3.63, 3.8) is 0 Å². The lowest BCUT2D eigenvalue weighted by Gasteiger charge is -2.10. The second kappa shape index (κ2) is 6.58. The number of benzene rings is 4. The number of fused-ring (bicyclic) bond motifs is 8. The predicted molar refractivity (Wildman–Crippen MR) is 147 cm³/mol. The third-order valence-electron chi connectivity index (χ3n) is 7.05. The van der Waals surface area contributed by atoms with Crippen LogP contribution in [0.2, 0.25) is 0 Å². The fraction of sp³-hybridized carbons (Fsp3) is 0. The lowest BCUT2D eigenvalue weighted by molar-refractivity contribution is 1.38. The highest BCUT2D eigenvalue weighted by Crippen LogP contribution is 2.50. The maximum atomic E-state index is 9.73. The number of hydrogen-bond acceptors (Lipinski definition) is 4. The van der Waals surface area contributed by atoms with Crippen LogP contribution in [0.1, 0.15) is 11.1 Å². The number of aromatic nitrogens is 1. The Kier molecular flexibility index (Phi) is 3.56. The monoisotopic (exact) mass is 479 g/mol. The number of nitrogens with zero attached hydrogens (tertiary/aromatic N) is 3. The summed E-state index contributed by atoms with van der Waals surface area (Å²) in [5.74, 6) is 0. The molecular weight excluding hydrogens is 466 g/mol. The number of rotatable bonds is 1. The van der Waals surface area contributed by atoms with Crippen LogP contribution in [0.4, 0.5) is 0 Å². The highest BCUT2D eigenvalue weighted by atomic mass is 32.1. The van der Waals surface area contributed by atoms with Gasteiger partial charge in [0.1, 0.15) is 4.83 Å². The standard InChI is InChI=1S/C30H13N3S2/c31-14-17-6-3-7-18(15-32)25(17)23-13-24-29(34-23)27-21-9-4-5-16-11-12-20-19-8-1-2-10-22(19)33(30(27)35-24)28(20)26(16)21/h1-13H. The normalized spacial score (nSPS) is 11.9. The van der Waals surface area contributed by atoms with Crippen LogP contribution >= 0.6 is 22.7 Å². The highest BCUT2D eigenvalue weighted by Gasteiger charge is 2.23. The van der Waals surface area contributed by atoms with Gasteiger partial charge in [0.2, 0.25) is 0 Å². The zero-order valence-corrected chi connectivity index (χ0v) is 19.8. The molecule has 0 aliphatic rings. The van der Waals surface area contributed by atoms with Crippen molar-refractivity contribution < 1.29 is 0 Å². The Bertz CT molecular complexity index is 2210. The summed E-state index contributed by atoms with van der Waals surface area (Å²) < 4.78 is 4.84. The summed E-state index contributed by atoms with van der Waals surface area (Å²) in [4.78, 5) is 2.21. The number of pyridine rings is 1. The van der Waals surface area contributed by atoms with Crippen molar-refractivity contribution in [2.24, 2.45) is 0 Å². The molecule has 0 aliphatic carbocycles. The molecule has 35 heavy (non-hydrogen) atoms. The molecule has 5 heteroatoms. The maximum absolute atomic E-state index is 9.73. The molecule has 0 N–H and O–H groups in total. The van der Waals surface area contributed by atoms with E-state index in [0.29, 0.717) is 11.1 Å². The Morgan fingerprint density at radius 3 is 2.29 bits per heavy atom. The van der Waals surface area contributed by atoms with E-state index in [1.54, 1.807) is 40.9 Å². The highest BCUT2D eigenvalue weighted by molar-refractivity contribution is 7.34. The van der Waals surface area contributed by atoms with Crippen LogP contribution in [0.15, 0.2) is 78.9 Å². The fourth-order valence-corrected chi connectivity index (χ4v) is 8.40. The Labute approximate surface area is 207 Å². The van der Waals surface area contributed by atoms with Gasteiger partial charge < -0.3 is 0 Å². The Hall–Kier alpha value is -4.42. The van der Waals surface area contributed by atoms with Gasteiger partial charge in [-0.15, -0.1) is 22.7 Å². The molecule has 0 bridgehead atoms. The second-order valence-electron chi connectivity index (χ2n) is 8.76. The van der Waals surface area contributed by atoms with Crippen molar-refractivity contribution in [1.82, 2.24) is 4.40 Å². The van der Waals surface area contributed by atoms with Gasteiger partial charge in [0.25, 0.3) is 0 Å². The SMILES string of the molecule is N#Cc1cccc(C#N)c1-c1cc2sc3c(c4cccc5ccc6c7ccccc7n3c6c54)c2s1. The van der Waals surface area contributed by atoms with E-state index in [1.807, 2.05) is 0 Å². The Balaban J connectivity index is 1.60. The van der Waals surface area contributed by atoms with Crippen molar-refractivity contribution in [3.05, 3.63) is 90.0 Å². The molecule has 4 aromatic heterocycles. The van der Waals surface area contributed by atoms with Crippen molar-refractivity contribution in [1.29, 1.82) is 10.5 Å². The van der Waals surface area contributed by atoms with Crippen LogP contribution in [0.3, 0.4) is 0 Å². The largest absolute Gasteiger partial charge is 0.299 e. The molecule has 0 unspecified atom stereocenters. The molecule has 160 valence electrons. The van der Waals surface area contributed by atoms with Crippen LogP contribution in [0, 0.1) is 22.7 Å². The molecule has 3 nitrogen and oxygen atoms in total. The second-order valence-corrected chi connectivity index (χ2v) is 10.8.